The van der Waals surface area contributed by atoms with Gasteiger partial charge in [-0.1, -0.05) is 0 Å². The van der Waals surface area contributed by atoms with Gasteiger partial charge in [0.2, 0.25) is 0 Å². The van der Waals surface area contributed by atoms with Crippen LogP contribution in [0.25, 0.3) is 21.5 Å². The van der Waals surface area contributed by atoms with E-state index >= 15 is 0 Å². The standard InChI is InChI=1S/C20H14OS2Se/c21-24(19-11-9-17(22)13-5-1-3-7-15(13)19)20-12-10-18(23)14-6-2-4-8-16(14)20/h1-12,22-23H. The molecular formula is C20H14OS2Se. The molecule has 0 aromatic heterocycles. The normalized spacial score (nSPS) is 11.5. The zero-order chi connectivity index (χ0) is 16.7. The third kappa shape index (κ3) is 2.60. The average Bonchev–Trinajstić information content (AvgIpc) is 2.62. The van der Waals surface area contributed by atoms with E-state index in [1.54, 1.807) is 0 Å². The van der Waals surface area contributed by atoms with Crippen molar-refractivity contribution in [3.05, 3.63) is 72.8 Å². The molecule has 4 heteroatoms. The number of fused-ring (bicyclic) bond motifs is 2. The fourth-order valence-electron chi connectivity index (χ4n) is 2.95. The Bertz CT molecular complexity index is 1020. The van der Waals surface area contributed by atoms with Crippen molar-refractivity contribution in [3.8, 4) is 0 Å². The summed E-state index contributed by atoms with van der Waals surface area (Å²) in [7, 11) is 0. The first kappa shape index (κ1) is 15.9. The third-order valence-electron chi connectivity index (χ3n) is 4.12. The van der Waals surface area contributed by atoms with Gasteiger partial charge in [0.15, 0.2) is 0 Å². The Labute approximate surface area is 155 Å². The van der Waals surface area contributed by atoms with Gasteiger partial charge in [0.1, 0.15) is 0 Å². The van der Waals surface area contributed by atoms with Gasteiger partial charge in [-0.25, -0.2) is 0 Å². The van der Waals surface area contributed by atoms with Crippen molar-refractivity contribution >= 4 is 69.6 Å². The maximum atomic E-state index is 13.5. The Morgan fingerprint density at radius 3 is 1.33 bits per heavy atom. The van der Waals surface area contributed by atoms with Gasteiger partial charge in [0, 0.05) is 0 Å². The van der Waals surface area contributed by atoms with Crippen LogP contribution >= 0.6 is 25.3 Å². The molecule has 4 aromatic carbocycles. The van der Waals surface area contributed by atoms with Crippen LogP contribution in [-0.2, 0) is 3.83 Å². The van der Waals surface area contributed by atoms with Gasteiger partial charge in [0.05, 0.1) is 0 Å². The summed E-state index contributed by atoms with van der Waals surface area (Å²) in [6, 6.07) is 23.8. The van der Waals surface area contributed by atoms with Crippen LogP contribution in [0.15, 0.2) is 82.6 Å². The van der Waals surface area contributed by atoms with E-state index in [-0.39, 0.29) is 0 Å². The summed E-state index contributed by atoms with van der Waals surface area (Å²) >= 11 is 6.64. The first-order chi connectivity index (χ1) is 11.7. The van der Waals surface area contributed by atoms with Crippen molar-refractivity contribution in [2.24, 2.45) is 0 Å². The van der Waals surface area contributed by atoms with E-state index in [9.17, 15) is 3.83 Å². The second kappa shape index (κ2) is 6.38. The second-order valence-electron chi connectivity index (χ2n) is 5.53. The van der Waals surface area contributed by atoms with E-state index in [2.05, 4.69) is 25.3 Å². The van der Waals surface area contributed by atoms with Crippen LogP contribution in [0.1, 0.15) is 0 Å². The zero-order valence-electron chi connectivity index (χ0n) is 12.6. The summed E-state index contributed by atoms with van der Waals surface area (Å²) in [5.74, 6) is 0. The summed E-state index contributed by atoms with van der Waals surface area (Å²) < 4.78 is 15.3. The van der Waals surface area contributed by atoms with Gasteiger partial charge >= 0.3 is 156 Å². The summed E-state index contributed by atoms with van der Waals surface area (Å²) in [6.07, 6.45) is 0. The Morgan fingerprint density at radius 1 is 0.542 bits per heavy atom. The Hall–Kier alpha value is -1.58. The molecule has 0 atom stereocenters. The van der Waals surface area contributed by atoms with E-state index in [1.165, 1.54) is 0 Å². The van der Waals surface area contributed by atoms with E-state index in [4.69, 9.17) is 0 Å². The molecule has 0 fully saturated rings. The molecule has 0 unspecified atom stereocenters. The number of hydrogen-bond donors (Lipinski definition) is 2. The molecule has 0 amide bonds. The Balaban J connectivity index is 1.99. The van der Waals surface area contributed by atoms with Gasteiger partial charge in [-0.2, -0.15) is 0 Å². The first-order valence-corrected chi connectivity index (χ1v) is 10.8. The Kier molecular flexibility index (Phi) is 4.23. The molecule has 0 aliphatic rings. The predicted octanol–water partition coefficient (Wildman–Crippen LogP) is 4.11. The SMILES string of the molecule is O=[Se](c1ccc(S)c2ccccc12)c1ccc(S)c2ccccc12. The van der Waals surface area contributed by atoms with Gasteiger partial charge in [0.25, 0.3) is 0 Å². The average molecular weight is 413 g/mol. The van der Waals surface area contributed by atoms with Crippen LogP contribution in [0.4, 0.5) is 0 Å². The fraction of sp³-hybridized carbons (Fsp3) is 0. The second-order valence-corrected chi connectivity index (χ2v) is 9.46. The monoisotopic (exact) mass is 414 g/mol. The van der Waals surface area contributed by atoms with E-state index < -0.39 is 13.8 Å². The first-order valence-electron chi connectivity index (χ1n) is 7.50. The van der Waals surface area contributed by atoms with E-state index in [0.29, 0.717) is 0 Å². The molecule has 0 spiro atoms. The molecule has 0 aliphatic heterocycles. The summed E-state index contributed by atoms with van der Waals surface area (Å²) in [5, 5.41) is 4.11. The quantitative estimate of drug-likeness (QED) is 0.374. The van der Waals surface area contributed by atoms with Crippen LogP contribution in [0.3, 0.4) is 0 Å². The van der Waals surface area contributed by atoms with Crippen LogP contribution in [0.2, 0.25) is 0 Å². The molecule has 0 saturated carbocycles. The molecule has 24 heavy (non-hydrogen) atoms. The number of rotatable bonds is 2. The van der Waals surface area contributed by atoms with Crippen LogP contribution in [0, 0.1) is 0 Å². The zero-order valence-corrected chi connectivity index (χ0v) is 16.1. The molecule has 0 heterocycles. The molecule has 4 rings (SSSR count). The minimum absolute atomic E-state index is 0.903. The van der Waals surface area contributed by atoms with Gasteiger partial charge in [-0.3, -0.25) is 0 Å². The van der Waals surface area contributed by atoms with Gasteiger partial charge in [-0.05, 0) is 0 Å². The molecule has 0 saturated heterocycles. The Morgan fingerprint density at radius 2 is 0.917 bits per heavy atom. The van der Waals surface area contributed by atoms with Crippen LogP contribution in [-0.4, -0.2) is 13.8 Å². The van der Waals surface area contributed by atoms with Crippen molar-refractivity contribution in [2.45, 2.75) is 9.79 Å². The molecule has 0 bridgehead atoms. The molecule has 118 valence electrons. The number of thiol groups is 2. The topological polar surface area (TPSA) is 17.1 Å². The summed E-state index contributed by atoms with van der Waals surface area (Å²) in [4.78, 5) is 1.81. The molecule has 0 aliphatic carbocycles. The van der Waals surface area contributed by atoms with Crippen molar-refractivity contribution in [3.63, 3.8) is 0 Å². The van der Waals surface area contributed by atoms with E-state index in [1.807, 2.05) is 72.8 Å². The molecule has 1 nitrogen and oxygen atoms in total. The molecular weight excluding hydrogens is 399 g/mol. The van der Waals surface area contributed by atoms with Crippen molar-refractivity contribution in [1.82, 2.24) is 0 Å². The van der Waals surface area contributed by atoms with Crippen molar-refractivity contribution in [2.75, 3.05) is 0 Å². The third-order valence-corrected chi connectivity index (χ3v) is 8.07. The maximum absolute atomic E-state index is 13.5. The van der Waals surface area contributed by atoms with E-state index in [0.717, 1.165) is 40.3 Å². The van der Waals surface area contributed by atoms with Crippen LogP contribution in [0.5, 0.6) is 0 Å². The van der Waals surface area contributed by atoms with Crippen LogP contribution < -0.4 is 8.92 Å². The fourth-order valence-corrected chi connectivity index (χ4v) is 6.38. The van der Waals surface area contributed by atoms with Gasteiger partial charge in [-0.15, -0.1) is 0 Å². The minimum atomic E-state index is -2.42. The number of benzene rings is 4. The van der Waals surface area contributed by atoms with Gasteiger partial charge < -0.3 is 0 Å². The van der Waals surface area contributed by atoms with Crippen molar-refractivity contribution in [1.29, 1.82) is 0 Å². The number of hydrogen-bond acceptors (Lipinski definition) is 3. The van der Waals surface area contributed by atoms with Crippen molar-refractivity contribution < 1.29 is 3.83 Å². The summed E-state index contributed by atoms with van der Waals surface area (Å²) in [5.41, 5.74) is 0. The molecule has 0 N–H and O–H groups in total. The predicted molar refractivity (Wildman–Crippen MR) is 108 cm³/mol. The molecule has 4 aromatic rings. The molecule has 0 radical (unpaired) electrons. The summed E-state index contributed by atoms with van der Waals surface area (Å²) in [6.45, 7) is 0.